The highest BCUT2D eigenvalue weighted by Gasteiger charge is 2.38. The largest absolute Gasteiger partial charge is 0.469 e. The first-order valence-corrected chi connectivity index (χ1v) is 15.4. The molecule has 2 heterocycles. The molecule has 0 aliphatic carbocycles. The number of likely N-dealkylation sites (tertiary alicyclic amines) is 2. The molecule has 4 rings (SSSR count). The van der Waals surface area contributed by atoms with Crippen molar-refractivity contribution in [1.82, 2.24) is 9.80 Å². The smallest absolute Gasteiger partial charge is 0.311 e. The van der Waals surface area contributed by atoms with Gasteiger partial charge in [-0.15, -0.1) is 0 Å². The highest BCUT2D eigenvalue weighted by atomic mass is 32.2. The number of hydrogen-bond acceptors (Lipinski definition) is 10. The Labute approximate surface area is 257 Å². The lowest BCUT2D eigenvalue weighted by Crippen LogP contribution is -2.48. The van der Waals surface area contributed by atoms with Gasteiger partial charge in [0.1, 0.15) is 6.10 Å². The van der Waals surface area contributed by atoms with E-state index in [-0.39, 0.29) is 32.7 Å². The molecule has 2 aliphatic rings. The standard InChI is InChI=1S/C15H18N2O2.C15H21NO5S.2CH4/c1-19-15(18)14-7-8-17(11-13(14)9-16)10-12-5-3-2-4-6-12;1-20-15(17)13-8-9-16(10-12-6-4-3-5-7-12)11-14(13)21-22(2,18)19;;/h2-6,13-14H,7-8,10-11H2,1H3;3-7,13-14H,8-11H2,1-2H3;2*1H4. The minimum Gasteiger partial charge on any atom is -0.469 e. The number of methoxy groups -OCH3 is 2. The van der Waals surface area contributed by atoms with Gasteiger partial charge in [-0.2, -0.15) is 13.7 Å². The molecule has 43 heavy (non-hydrogen) atoms. The van der Waals surface area contributed by atoms with E-state index in [9.17, 15) is 23.3 Å². The van der Waals surface area contributed by atoms with Crippen LogP contribution in [-0.4, -0.2) is 82.9 Å². The number of carbonyl (C=O) groups is 2. The van der Waals surface area contributed by atoms with Crippen molar-refractivity contribution in [3.63, 3.8) is 0 Å². The van der Waals surface area contributed by atoms with Gasteiger partial charge in [-0.1, -0.05) is 75.5 Å². The summed E-state index contributed by atoms with van der Waals surface area (Å²) in [4.78, 5) is 27.7. The van der Waals surface area contributed by atoms with Gasteiger partial charge in [0.2, 0.25) is 0 Å². The van der Waals surface area contributed by atoms with Gasteiger partial charge in [-0.05, 0) is 37.1 Å². The Morgan fingerprint density at radius 2 is 1.26 bits per heavy atom. The molecule has 0 aromatic heterocycles. The minimum atomic E-state index is -3.63. The summed E-state index contributed by atoms with van der Waals surface area (Å²) in [6.07, 6.45) is 1.49. The number of piperidine rings is 2. The summed E-state index contributed by atoms with van der Waals surface area (Å²) in [5.74, 6) is -1.78. The van der Waals surface area contributed by atoms with Crippen LogP contribution in [0.5, 0.6) is 0 Å². The summed E-state index contributed by atoms with van der Waals surface area (Å²) in [5, 5.41) is 9.21. The number of ether oxygens (including phenoxy) is 2. The highest BCUT2D eigenvalue weighted by molar-refractivity contribution is 7.86. The highest BCUT2D eigenvalue weighted by Crippen LogP contribution is 2.26. The second-order valence-electron chi connectivity index (χ2n) is 10.4. The first-order valence-electron chi connectivity index (χ1n) is 13.6. The Kier molecular flexibility index (Phi) is 16.1. The van der Waals surface area contributed by atoms with E-state index in [1.165, 1.54) is 19.8 Å². The zero-order valence-corrected chi connectivity index (χ0v) is 24.7. The van der Waals surface area contributed by atoms with E-state index in [0.29, 0.717) is 39.0 Å². The maximum atomic E-state index is 11.8. The van der Waals surface area contributed by atoms with E-state index in [1.807, 2.05) is 48.5 Å². The van der Waals surface area contributed by atoms with Crippen LogP contribution in [0, 0.1) is 29.1 Å². The van der Waals surface area contributed by atoms with Crippen LogP contribution in [0.3, 0.4) is 0 Å². The third-order valence-corrected chi connectivity index (χ3v) is 7.91. The molecule has 0 radical (unpaired) electrons. The van der Waals surface area contributed by atoms with Gasteiger partial charge in [0.05, 0.1) is 44.3 Å². The zero-order chi connectivity index (χ0) is 29.8. The van der Waals surface area contributed by atoms with Crippen LogP contribution in [0.2, 0.25) is 0 Å². The third-order valence-electron chi connectivity index (χ3n) is 7.31. The molecule has 4 unspecified atom stereocenters. The summed E-state index contributed by atoms with van der Waals surface area (Å²) in [5.41, 5.74) is 2.37. The van der Waals surface area contributed by atoms with Crippen molar-refractivity contribution >= 4 is 22.1 Å². The number of rotatable bonds is 8. The summed E-state index contributed by atoms with van der Waals surface area (Å²) < 4.78 is 37.5. The summed E-state index contributed by atoms with van der Waals surface area (Å²) in [7, 11) is -0.945. The molecule has 2 aliphatic heterocycles. The second kappa shape index (κ2) is 18.4. The number of esters is 2. The molecule has 4 atom stereocenters. The van der Waals surface area contributed by atoms with Gasteiger partial charge in [0.15, 0.2) is 0 Å². The Balaban J connectivity index is 0.000000415. The number of nitriles is 1. The van der Waals surface area contributed by atoms with Crippen molar-refractivity contribution in [3.8, 4) is 6.07 Å². The fourth-order valence-corrected chi connectivity index (χ4v) is 5.92. The lowest BCUT2D eigenvalue weighted by molar-refractivity contribution is -0.151. The lowest BCUT2D eigenvalue weighted by Gasteiger charge is -2.36. The normalized spacial score (nSPS) is 22.3. The number of benzene rings is 2. The van der Waals surface area contributed by atoms with Crippen LogP contribution in [-0.2, 0) is 46.5 Å². The monoisotopic (exact) mass is 617 g/mol. The number of hydrogen-bond donors (Lipinski definition) is 0. The molecule has 11 heteroatoms. The van der Waals surface area contributed by atoms with Crippen LogP contribution < -0.4 is 0 Å². The van der Waals surface area contributed by atoms with Gasteiger partial charge < -0.3 is 9.47 Å². The molecule has 0 N–H and O–H groups in total. The first-order chi connectivity index (χ1) is 19.6. The maximum Gasteiger partial charge on any atom is 0.311 e. The van der Waals surface area contributed by atoms with Gasteiger partial charge in [-0.25, -0.2) is 0 Å². The van der Waals surface area contributed by atoms with Gasteiger partial charge >= 0.3 is 11.9 Å². The SMILES string of the molecule is C.C.COC(=O)C1CCN(Cc2ccccc2)CC1C#N.COC(=O)C1CCN(Cc2ccccc2)CC1OS(C)(=O)=O. The Bertz CT molecular complexity index is 1270. The van der Waals surface area contributed by atoms with Crippen molar-refractivity contribution < 1.29 is 31.7 Å². The Morgan fingerprint density at radius 1 is 0.814 bits per heavy atom. The van der Waals surface area contributed by atoms with E-state index in [2.05, 4.69) is 28.0 Å². The number of carbonyl (C=O) groups excluding carboxylic acids is 2. The van der Waals surface area contributed by atoms with Crippen molar-refractivity contribution in [1.29, 1.82) is 5.26 Å². The number of nitrogens with zero attached hydrogens (tertiary/aromatic N) is 3. The second-order valence-corrected chi connectivity index (χ2v) is 12.0. The summed E-state index contributed by atoms with van der Waals surface area (Å²) in [6.45, 7) is 4.04. The van der Waals surface area contributed by atoms with Crippen molar-refractivity contribution in [3.05, 3.63) is 71.8 Å². The fourth-order valence-electron chi connectivity index (χ4n) is 5.28. The van der Waals surface area contributed by atoms with Crippen molar-refractivity contribution in [2.24, 2.45) is 17.8 Å². The average Bonchev–Trinajstić information content (AvgIpc) is 2.97. The summed E-state index contributed by atoms with van der Waals surface area (Å²) in [6, 6.07) is 22.3. The molecule has 2 saturated heterocycles. The van der Waals surface area contributed by atoms with Crippen molar-refractivity contribution in [2.45, 2.75) is 46.9 Å². The molecule has 238 valence electrons. The molecule has 2 aromatic carbocycles. The average molecular weight is 618 g/mol. The third kappa shape index (κ3) is 12.1. The van der Waals surface area contributed by atoms with E-state index in [0.717, 1.165) is 24.9 Å². The van der Waals surface area contributed by atoms with Crippen LogP contribution in [0.25, 0.3) is 0 Å². The molecule has 0 amide bonds. The van der Waals surface area contributed by atoms with Crippen molar-refractivity contribution in [2.75, 3.05) is 46.7 Å². The topological polar surface area (TPSA) is 126 Å². The molecule has 0 spiro atoms. The summed E-state index contributed by atoms with van der Waals surface area (Å²) >= 11 is 0. The fraction of sp³-hybridized carbons (Fsp3) is 0.531. The lowest BCUT2D eigenvalue weighted by atomic mass is 9.86. The molecule has 0 saturated carbocycles. The molecule has 0 bridgehead atoms. The van der Waals surface area contributed by atoms with E-state index >= 15 is 0 Å². The van der Waals surface area contributed by atoms with E-state index in [1.54, 1.807) is 0 Å². The van der Waals surface area contributed by atoms with Crippen LogP contribution in [0.15, 0.2) is 60.7 Å². The van der Waals surface area contributed by atoms with Gasteiger partial charge in [0, 0.05) is 26.2 Å². The quantitative estimate of drug-likeness (QED) is 0.315. The maximum absolute atomic E-state index is 11.8. The Hall–Kier alpha value is -3.30. The van der Waals surface area contributed by atoms with Crippen LogP contribution >= 0.6 is 0 Å². The molecule has 2 aromatic rings. The van der Waals surface area contributed by atoms with Gasteiger partial charge in [0.25, 0.3) is 10.1 Å². The molecular weight excluding hydrogens is 570 g/mol. The van der Waals surface area contributed by atoms with E-state index < -0.39 is 28.1 Å². The first kappa shape index (κ1) is 37.7. The zero-order valence-electron chi connectivity index (χ0n) is 23.8. The predicted molar refractivity (Wildman–Crippen MR) is 166 cm³/mol. The van der Waals surface area contributed by atoms with E-state index in [4.69, 9.17) is 13.7 Å². The van der Waals surface area contributed by atoms with Crippen LogP contribution in [0.1, 0.15) is 38.8 Å². The van der Waals surface area contributed by atoms with Crippen LogP contribution in [0.4, 0.5) is 0 Å². The molecule has 10 nitrogen and oxygen atoms in total. The Morgan fingerprint density at radius 3 is 1.70 bits per heavy atom. The minimum absolute atomic E-state index is 0. The predicted octanol–water partition coefficient (Wildman–Crippen LogP) is 4.12. The molecular formula is C32H47N3O7S. The van der Waals surface area contributed by atoms with Gasteiger partial charge in [-0.3, -0.25) is 23.6 Å². The molecule has 2 fully saturated rings.